The lowest BCUT2D eigenvalue weighted by Gasteiger charge is -2.24. The van der Waals surface area contributed by atoms with Gasteiger partial charge in [0.05, 0.1) is 37.9 Å². The second kappa shape index (κ2) is 14.9. The number of halogens is 1. The predicted molar refractivity (Wildman–Crippen MR) is 156 cm³/mol. The van der Waals surface area contributed by atoms with Gasteiger partial charge >= 0.3 is 11.9 Å². The van der Waals surface area contributed by atoms with Crippen molar-refractivity contribution in [1.82, 2.24) is 14.9 Å². The molecule has 0 saturated heterocycles. The molecule has 1 aromatic heterocycles. The zero-order valence-electron chi connectivity index (χ0n) is 22.8. The Kier molecular flexibility index (Phi) is 11.4. The summed E-state index contributed by atoms with van der Waals surface area (Å²) in [7, 11) is 3.16. The van der Waals surface area contributed by atoms with Crippen LogP contribution in [0.5, 0.6) is 5.75 Å². The molecule has 212 valence electrons. The number of rotatable bonds is 13. The molecule has 3 aromatic rings. The van der Waals surface area contributed by atoms with Crippen molar-refractivity contribution in [2.45, 2.75) is 26.3 Å². The number of likely N-dealkylation sites (N-methyl/N-ethyl adjacent to an activating group) is 1. The number of hydrogen-bond donors (Lipinski definition) is 2. The molecule has 0 saturated carbocycles. The summed E-state index contributed by atoms with van der Waals surface area (Å²) in [5.41, 5.74) is 1.88. The smallest absolute Gasteiger partial charge is 0.323 e. The van der Waals surface area contributed by atoms with Crippen molar-refractivity contribution >= 4 is 61.9 Å². The van der Waals surface area contributed by atoms with Crippen LogP contribution in [0.2, 0.25) is 0 Å². The van der Waals surface area contributed by atoms with E-state index >= 15 is 0 Å². The summed E-state index contributed by atoms with van der Waals surface area (Å²) in [5, 5.41) is 6.78. The lowest BCUT2D eigenvalue weighted by Crippen LogP contribution is -2.41. The predicted octanol–water partition coefficient (Wildman–Crippen LogP) is 4.46. The fourth-order valence-corrected chi connectivity index (χ4v) is 4.22. The van der Waals surface area contributed by atoms with Gasteiger partial charge in [-0.2, -0.15) is 0 Å². The van der Waals surface area contributed by atoms with Crippen molar-refractivity contribution in [2.24, 2.45) is 0 Å². The maximum Gasteiger partial charge on any atom is 0.323 e. The molecular weight excluding hydrogens is 582 g/mol. The molecule has 1 unspecified atom stereocenters. The van der Waals surface area contributed by atoms with Crippen LogP contribution in [-0.2, 0) is 23.9 Å². The van der Waals surface area contributed by atoms with E-state index in [0.717, 1.165) is 10.2 Å². The molecule has 0 aliphatic carbocycles. The minimum atomic E-state index is -0.844. The minimum Gasteiger partial charge on any atom is -0.494 e. The molecule has 0 radical (unpaired) electrons. The van der Waals surface area contributed by atoms with Crippen LogP contribution in [0.1, 0.15) is 20.3 Å². The highest BCUT2D eigenvalue weighted by Gasteiger charge is 2.27. The lowest BCUT2D eigenvalue weighted by atomic mass is 10.1. The first-order valence-electron chi connectivity index (χ1n) is 12.6. The molecule has 3 rings (SSSR count). The molecule has 1 heterocycles. The average molecular weight is 614 g/mol. The summed E-state index contributed by atoms with van der Waals surface area (Å²) >= 11 is 3.46. The molecule has 0 aliphatic heterocycles. The highest BCUT2D eigenvalue weighted by atomic mass is 79.9. The average Bonchev–Trinajstić information content (AvgIpc) is 2.92. The van der Waals surface area contributed by atoms with Crippen molar-refractivity contribution in [1.29, 1.82) is 0 Å². The standard InChI is InChI=1S/C28H32BrN5O6/c1-5-39-26(36)16-23(28(37)40-6-2)34(3)12-8-11-25(35)33-22-14-20-21(15-24(22)38-4)30-17-31-27(20)32-19-10-7-9-18(29)13-19/h7-11,13-15,17,23H,5-6,12,16H2,1-4H3,(H,33,35)(H,30,31,32). The first-order valence-corrected chi connectivity index (χ1v) is 13.4. The fourth-order valence-electron chi connectivity index (χ4n) is 3.82. The third kappa shape index (κ3) is 8.48. The topological polar surface area (TPSA) is 132 Å². The lowest BCUT2D eigenvalue weighted by molar-refractivity contribution is -0.155. The SMILES string of the molecule is CCOC(=O)CC(C(=O)OCC)N(C)CC=CC(=O)Nc1cc2c(Nc3cccc(Br)c3)ncnc2cc1OC. The van der Waals surface area contributed by atoms with Gasteiger partial charge in [-0.1, -0.05) is 28.1 Å². The highest BCUT2D eigenvalue weighted by molar-refractivity contribution is 9.10. The van der Waals surface area contributed by atoms with E-state index in [0.29, 0.717) is 28.2 Å². The number of nitrogens with one attached hydrogen (secondary N) is 2. The van der Waals surface area contributed by atoms with E-state index in [1.165, 1.54) is 19.5 Å². The van der Waals surface area contributed by atoms with Crippen molar-refractivity contribution in [3.8, 4) is 5.75 Å². The van der Waals surface area contributed by atoms with Crippen molar-refractivity contribution in [3.63, 3.8) is 0 Å². The van der Waals surface area contributed by atoms with Gasteiger partial charge in [0, 0.05) is 34.2 Å². The zero-order chi connectivity index (χ0) is 29.1. The number of hydrogen-bond acceptors (Lipinski definition) is 10. The molecule has 0 spiro atoms. The van der Waals surface area contributed by atoms with E-state index in [2.05, 4.69) is 36.5 Å². The van der Waals surface area contributed by atoms with Gasteiger partial charge in [-0.25, -0.2) is 9.97 Å². The number of aromatic nitrogens is 2. The van der Waals surface area contributed by atoms with Crippen LogP contribution >= 0.6 is 15.9 Å². The molecular formula is C28H32BrN5O6. The number of amides is 1. The van der Waals surface area contributed by atoms with Gasteiger partial charge in [0.1, 0.15) is 23.9 Å². The van der Waals surface area contributed by atoms with Gasteiger partial charge in [0.2, 0.25) is 5.91 Å². The molecule has 40 heavy (non-hydrogen) atoms. The van der Waals surface area contributed by atoms with Crippen LogP contribution < -0.4 is 15.4 Å². The summed E-state index contributed by atoms with van der Waals surface area (Å²) in [6, 6.07) is 10.3. The van der Waals surface area contributed by atoms with Crippen LogP contribution in [0.15, 0.2) is 59.4 Å². The molecule has 1 amide bonds. The summed E-state index contributed by atoms with van der Waals surface area (Å²) in [6.45, 7) is 3.99. The molecule has 0 aliphatic rings. The quantitative estimate of drug-likeness (QED) is 0.210. The second-order valence-electron chi connectivity index (χ2n) is 8.54. The molecule has 0 fully saturated rings. The number of fused-ring (bicyclic) bond motifs is 1. The fraction of sp³-hybridized carbons (Fsp3) is 0.321. The Hall–Kier alpha value is -4.03. The molecule has 2 aromatic carbocycles. The third-order valence-corrected chi connectivity index (χ3v) is 6.21. The number of anilines is 3. The van der Waals surface area contributed by atoms with Gasteiger partial charge in [-0.05, 0) is 45.2 Å². The van der Waals surface area contributed by atoms with Crippen LogP contribution in [0, 0.1) is 0 Å². The van der Waals surface area contributed by atoms with Crippen LogP contribution in [0.25, 0.3) is 10.9 Å². The Morgan fingerprint density at radius 1 is 1.10 bits per heavy atom. The maximum absolute atomic E-state index is 12.8. The third-order valence-electron chi connectivity index (χ3n) is 5.72. The van der Waals surface area contributed by atoms with Gasteiger partial charge in [-0.3, -0.25) is 19.3 Å². The molecule has 2 N–H and O–H groups in total. The van der Waals surface area contributed by atoms with Crippen LogP contribution in [-0.4, -0.2) is 72.7 Å². The highest BCUT2D eigenvalue weighted by Crippen LogP contribution is 2.33. The molecule has 0 bridgehead atoms. The summed E-state index contributed by atoms with van der Waals surface area (Å²) < 4.78 is 16.5. The van der Waals surface area contributed by atoms with E-state index in [-0.39, 0.29) is 26.2 Å². The monoisotopic (exact) mass is 613 g/mol. The van der Waals surface area contributed by atoms with Crippen molar-refractivity contribution in [2.75, 3.05) is 44.5 Å². The number of ether oxygens (including phenoxy) is 3. The number of carbonyl (C=O) groups excluding carboxylic acids is 3. The number of nitrogens with zero attached hydrogens (tertiary/aromatic N) is 3. The van der Waals surface area contributed by atoms with Gasteiger partial charge in [0.15, 0.2) is 0 Å². The van der Waals surface area contributed by atoms with E-state index in [9.17, 15) is 14.4 Å². The Labute approximate surface area is 241 Å². The van der Waals surface area contributed by atoms with Crippen LogP contribution in [0.4, 0.5) is 17.2 Å². The van der Waals surface area contributed by atoms with Crippen molar-refractivity contribution in [3.05, 3.63) is 59.4 Å². The Morgan fingerprint density at radius 2 is 1.88 bits per heavy atom. The first-order chi connectivity index (χ1) is 19.2. The number of methoxy groups -OCH3 is 1. The summed E-state index contributed by atoms with van der Waals surface area (Å²) in [6.07, 6.45) is 4.22. The molecule has 1 atom stereocenters. The van der Waals surface area contributed by atoms with E-state index < -0.39 is 23.9 Å². The van der Waals surface area contributed by atoms with Gasteiger partial charge < -0.3 is 24.8 Å². The first kappa shape index (κ1) is 30.5. The van der Waals surface area contributed by atoms with E-state index in [1.807, 2.05) is 24.3 Å². The van der Waals surface area contributed by atoms with Gasteiger partial charge in [-0.15, -0.1) is 0 Å². The largest absolute Gasteiger partial charge is 0.494 e. The Morgan fingerprint density at radius 3 is 2.58 bits per heavy atom. The number of benzene rings is 2. The second-order valence-corrected chi connectivity index (χ2v) is 9.45. The summed E-state index contributed by atoms with van der Waals surface area (Å²) in [4.78, 5) is 47.5. The Balaban J connectivity index is 1.75. The molecule has 12 heteroatoms. The summed E-state index contributed by atoms with van der Waals surface area (Å²) in [5.74, 6) is -0.468. The number of esters is 2. The number of carbonyl (C=O) groups is 3. The minimum absolute atomic E-state index is 0.157. The maximum atomic E-state index is 12.8. The van der Waals surface area contributed by atoms with E-state index in [4.69, 9.17) is 14.2 Å². The molecule has 11 nitrogen and oxygen atoms in total. The normalized spacial score (nSPS) is 11.8. The van der Waals surface area contributed by atoms with E-state index in [1.54, 1.807) is 44.0 Å². The zero-order valence-corrected chi connectivity index (χ0v) is 24.4. The van der Waals surface area contributed by atoms with Crippen molar-refractivity contribution < 1.29 is 28.6 Å². The van der Waals surface area contributed by atoms with Crippen LogP contribution in [0.3, 0.4) is 0 Å². The Bertz CT molecular complexity index is 1380. The van der Waals surface area contributed by atoms with Gasteiger partial charge in [0.25, 0.3) is 0 Å².